The maximum atomic E-state index is 9.98. The fraction of sp³-hybridized carbons (Fsp3) is 0.333. The maximum Gasteiger partial charge on any atom is 0.120 e. The van der Waals surface area contributed by atoms with E-state index in [1.54, 1.807) is 6.07 Å². The number of aryl methyl sites for hydroxylation is 1. The highest BCUT2D eigenvalue weighted by Gasteiger charge is 2.13. The van der Waals surface area contributed by atoms with Crippen molar-refractivity contribution in [3.8, 4) is 5.75 Å². The van der Waals surface area contributed by atoms with Crippen molar-refractivity contribution in [3.63, 3.8) is 0 Å². The molecule has 0 aromatic heterocycles. The van der Waals surface area contributed by atoms with Crippen LogP contribution < -0.4 is 5.32 Å². The molecular formula is C18H23NO. The number of hydrogen-bond acceptors (Lipinski definition) is 2. The predicted molar refractivity (Wildman–Crippen MR) is 84.5 cm³/mol. The minimum absolute atomic E-state index is 0.0559. The quantitative estimate of drug-likeness (QED) is 0.853. The van der Waals surface area contributed by atoms with Crippen molar-refractivity contribution in [1.29, 1.82) is 0 Å². The predicted octanol–water partition coefficient (Wildman–Crippen LogP) is 4.39. The van der Waals surface area contributed by atoms with Gasteiger partial charge in [-0.2, -0.15) is 0 Å². The molecule has 0 amide bonds. The standard InChI is InChI=1S/C18H23NO/c1-13-7-8-17(20)16(12-13)14(2)19-15-6-5-10-18(3,4)11-9-15/h5-12,14,19-20H,1-4H3. The van der Waals surface area contributed by atoms with Crippen LogP contribution in [0, 0.1) is 12.3 Å². The number of benzene rings is 1. The minimum atomic E-state index is 0.0559. The zero-order valence-corrected chi connectivity index (χ0v) is 12.6. The van der Waals surface area contributed by atoms with E-state index >= 15 is 0 Å². The Hall–Kier alpha value is -1.96. The molecule has 0 radical (unpaired) electrons. The van der Waals surface area contributed by atoms with E-state index in [0.717, 1.165) is 16.8 Å². The summed E-state index contributed by atoms with van der Waals surface area (Å²) in [7, 11) is 0. The van der Waals surface area contributed by atoms with Crippen LogP contribution in [0.25, 0.3) is 0 Å². The van der Waals surface area contributed by atoms with Gasteiger partial charge in [0.1, 0.15) is 5.75 Å². The van der Waals surface area contributed by atoms with Crippen molar-refractivity contribution in [2.75, 3.05) is 0 Å². The third-order valence-electron chi connectivity index (χ3n) is 3.53. The van der Waals surface area contributed by atoms with E-state index in [1.165, 1.54) is 0 Å². The fourth-order valence-corrected chi connectivity index (χ4v) is 2.26. The van der Waals surface area contributed by atoms with Crippen LogP contribution in [0.3, 0.4) is 0 Å². The Morgan fingerprint density at radius 1 is 1.20 bits per heavy atom. The highest BCUT2D eigenvalue weighted by Crippen LogP contribution is 2.27. The molecule has 1 aliphatic carbocycles. The monoisotopic (exact) mass is 269 g/mol. The molecular weight excluding hydrogens is 246 g/mol. The van der Waals surface area contributed by atoms with Crippen LogP contribution in [0.2, 0.25) is 0 Å². The summed E-state index contributed by atoms with van der Waals surface area (Å²) in [4.78, 5) is 0. The number of aromatic hydroxyl groups is 1. The molecule has 0 spiro atoms. The molecule has 20 heavy (non-hydrogen) atoms. The lowest BCUT2D eigenvalue weighted by Gasteiger charge is -2.18. The summed E-state index contributed by atoms with van der Waals surface area (Å²) in [5, 5.41) is 13.4. The molecule has 2 rings (SSSR count). The molecule has 1 atom stereocenters. The SMILES string of the molecule is Cc1ccc(O)c(C(C)NC2=CC=CC(C)(C)C=C2)c1. The van der Waals surface area contributed by atoms with Gasteiger partial charge in [0.15, 0.2) is 0 Å². The van der Waals surface area contributed by atoms with Crippen molar-refractivity contribution in [3.05, 3.63) is 65.4 Å². The first-order valence-corrected chi connectivity index (χ1v) is 7.02. The van der Waals surface area contributed by atoms with Crippen LogP contribution in [0.5, 0.6) is 5.75 Å². The van der Waals surface area contributed by atoms with Crippen molar-refractivity contribution >= 4 is 0 Å². The summed E-state index contributed by atoms with van der Waals surface area (Å²) in [5.41, 5.74) is 3.21. The van der Waals surface area contributed by atoms with E-state index in [1.807, 2.05) is 19.1 Å². The summed E-state index contributed by atoms with van der Waals surface area (Å²) in [6.07, 6.45) is 10.6. The smallest absolute Gasteiger partial charge is 0.120 e. The van der Waals surface area contributed by atoms with Gasteiger partial charge in [0.25, 0.3) is 0 Å². The highest BCUT2D eigenvalue weighted by molar-refractivity contribution is 5.39. The van der Waals surface area contributed by atoms with Crippen LogP contribution in [0.15, 0.2) is 54.3 Å². The molecule has 0 bridgehead atoms. The molecule has 0 fully saturated rings. The minimum Gasteiger partial charge on any atom is -0.508 e. The van der Waals surface area contributed by atoms with Gasteiger partial charge in [0, 0.05) is 16.7 Å². The van der Waals surface area contributed by atoms with E-state index in [4.69, 9.17) is 0 Å². The molecule has 2 N–H and O–H groups in total. The van der Waals surface area contributed by atoms with Gasteiger partial charge in [-0.1, -0.05) is 49.8 Å². The first kappa shape index (κ1) is 14.4. The topological polar surface area (TPSA) is 32.3 Å². The first-order valence-electron chi connectivity index (χ1n) is 7.02. The lowest BCUT2D eigenvalue weighted by Crippen LogP contribution is -2.17. The number of rotatable bonds is 3. The van der Waals surface area contributed by atoms with Gasteiger partial charge >= 0.3 is 0 Å². The lowest BCUT2D eigenvalue weighted by atomic mass is 9.93. The van der Waals surface area contributed by atoms with Crippen molar-refractivity contribution in [2.24, 2.45) is 5.41 Å². The Balaban J connectivity index is 2.16. The van der Waals surface area contributed by atoms with E-state index in [-0.39, 0.29) is 11.5 Å². The number of nitrogens with one attached hydrogen (secondary N) is 1. The average Bonchev–Trinajstić information content (AvgIpc) is 2.54. The largest absolute Gasteiger partial charge is 0.508 e. The first-order chi connectivity index (χ1) is 9.37. The fourth-order valence-electron chi connectivity index (χ4n) is 2.26. The van der Waals surface area contributed by atoms with Crippen LogP contribution in [0.1, 0.15) is 37.9 Å². The Labute approximate surface area is 121 Å². The third-order valence-corrected chi connectivity index (χ3v) is 3.53. The molecule has 0 aliphatic heterocycles. The molecule has 1 aliphatic rings. The number of allylic oxidation sites excluding steroid dienone is 5. The summed E-state index contributed by atoms with van der Waals surface area (Å²) < 4.78 is 0. The second-order valence-corrected chi connectivity index (χ2v) is 6.06. The number of hydrogen-bond donors (Lipinski definition) is 2. The second-order valence-electron chi connectivity index (χ2n) is 6.06. The zero-order chi connectivity index (χ0) is 14.8. The van der Waals surface area contributed by atoms with Crippen molar-refractivity contribution in [2.45, 2.75) is 33.7 Å². The summed E-state index contributed by atoms with van der Waals surface area (Å²) in [6, 6.07) is 5.75. The summed E-state index contributed by atoms with van der Waals surface area (Å²) in [6.45, 7) is 8.44. The maximum absolute atomic E-state index is 9.98. The van der Waals surface area contributed by atoms with E-state index < -0.39 is 0 Å². The Kier molecular flexibility index (Phi) is 4.03. The van der Waals surface area contributed by atoms with Gasteiger partial charge in [0.05, 0.1) is 6.04 Å². The van der Waals surface area contributed by atoms with Crippen LogP contribution in [0.4, 0.5) is 0 Å². The summed E-state index contributed by atoms with van der Waals surface area (Å²) >= 11 is 0. The van der Waals surface area contributed by atoms with Gasteiger partial charge in [-0.3, -0.25) is 0 Å². The molecule has 106 valence electrons. The molecule has 0 saturated carbocycles. The highest BCUT2D eigenvalue weighted by atomic mass is 16.3. The van der Waals surface area contributed by atoms with Gasteiger partial charge in [-0.05, 0) is 32.1 Å². The molecule has 0 heterocycles. The molecule has 2 nitrogen and oxygen atoms in total. The average molecular weight is 269 g/mol. The Morgan fingerprint density at radius 3 is 2.70 bits per heavy atom. The van der Waals surface area contributed by atoms with Crippen LogP contribution in [-0.2, 0) is 0 Å². The molecule has 2 heteroatoms. The Morgan fingerprint density at radius 2 is 1.95 bits per heavy atom. The summed E-state index contributed by atoms with van der Waals surface area (Å²) in [5.74, 6) is 0.338. The van der Waals surface area contributed by atoms with Crippen molar-refractivity contribution in [1.82, 2.24) is 5.32 Å². The normalized spacial score (nSPS) is 18.3. The van der Waals surface area contributed by atoms with Gasteiger partial charge < -0.3 is 10.4 Å². The van der Waals surface area contributed by atoms with Crippen LogP contribution >= 0.6 is 0 Å². The van der Waals surface area contributed by atoms with Gasteiger partial charge in [-0.25, -0.2) is 0 Å². The molecule has 0 saturated heterocycles. The Bertz CT molecular complexity index is 579. The lowest BCUT2D eigenvalue weighted by molar-refractivity contribution is 0.458. The molecule has 1 unspecified atom stereocenters. The third kappa shape index (κ3) is 3.53. The van der Waals surface area contributed by atoms with E-state index in [0.29, 0.717) is 5.75 Å². The van der Waals surface area contributed by atoms with Gasteiger partial charge in [0.2, 0.25) is 0 Å². The number of phenolic OH excluding ortho intramolecular Hbond substituents is 1. The van der Waals surface area contributed by atoms with E-state index in [2.05, 4.69) is 56.5 Å². The second kappa shape index (κ2) is 5.58. The van der Waals surface area contributed by atoms with E-state index in [9.17, 15) is 5.11 Å². The molecule has 1 aromatic rings. The number of phenols is 1. The van der Waals surface area contributed by atoms with Gasteiger partial charge in [-0.15, -0.1) is 0 Å². The van der Waals surface area contributed by atoms with Crippen molar-refractivity contribution < 1.29 is 5.11 Å². The molecule has 1 aromatic carbocycles. The zero-order valence-electron chi connectivity index (χ0n) is 12.6. The van der Waals surface area contributed by atoms with Crippen LogP contribution in [-0.4, -0.2) is 5.11 Å².